The molecule has 0 atom stereocenters. The Bertz CT molecular complexity index is 459. The predicted octanol–water partition coefficient (Wildman–Crippen LogP) is 1.35. The zero-order chi connectivity index (χ0) is 13.1. The number of nitrogens with zero attached hydrogens (tertiary/aromatic N) is 1. The monoisotopic (exact) mass is 284 g/mol. The minimum absolute atomic E-state index is 0.0656. The highest BCUT2D eigenvalue weighted by Crippen LogP contribution is 2.22. The van der Waals surface area contributed by atoms with Crippen LogP contribution in [-0.2, 0) is 16.6 Å². The summed E-state index contributed by atoms with van der Waals surface area (Å²) in [6, 6.07) is 1.50. The van der Waals surface area contributed by atoms with Crippen molar-refractivity contribution in [3.63, 3.8) is 0 Å². The largest absolute Gasteiger partial charge is 0.315 e. The van der Waals surface area contributed by atoms with Crippen molar-refractivity contribution in [1.29, 1.82) is 0 Å². The lowest BCUT2D eigenvalue weighted by Crippen LogP contribution is -2.31. The molecule has 0 aromatic carbocycles. The number of halogens is 2. The van der Waals surface area contributed by atoms with Crippen molar-refractivity contribution in [3.8, 4) is 0 Å². The summed E-state index contributed by atoms with van der Waals surface area (Å²) in [6.07, 6.45) is -2.68. The van der Waals surface area contributed by atoms with E-state index in [4.69, 9.17) is 0 Å². The van der Waals surface area contributed by atoms with Gasteiger partial charge in [-0.25, -0.2) is 17.2 Å². The summed E-state index contributed by atoms with van der Waals surface area (Å²) in [7, 11) is -0.899. The summed E-state index contributed by atoms with van der Waals surface area (Å²) >= 11 is 1.28. The van der Waals surface area contributed by atoms with Crippen molar-refractivity contribution < 1.29 is 17.2 Å². The third-order valence-corrected chi connectivity index (χ3v) is 4.97. The van der Waals surface area contributed by atoms with Gasteiger partial charge in [-0.15, -0.1) is 11.3 Å². The molecule has 8 heteroatoms. The Morgan fingerprint density at radius 1 is 1.53 bits per heavy atom. The van der Waals surface area contributed by atoms with Crippen LogP contribution in [0.3, 0.4) is 0 Å². The summed E-state index contributed by atoms with van der Waals surface area (Å²) in [6.45, 7) is -0.238. The number of alkyl halides is 2. The van der Waals surface area contributed by atoms with Crippen molar-refractivity contribution in [2.24, 2.45) is 0 Å². The van der Waals surface area contributed by atoms with Crippen molar-refractivity contribution in [1.82, 2.24) is 9.62 Å². The molecule has 1 heterocycles. The van der Waals surface area contributed by atoms with Crippen LogP contribution in [0.1, 0.15) is 4.88 Å². The van der Waals surface area contributed by atoms with E-state index in [9.17, 15) is 17.2 Å². The molecule has 1 rings (SSSR count). The highest BCUT2D eigenvalue weighted by molar-refractivity contribution is 7.89. The second kappa shape index (κ2) is 5.85. The second-order valence-corrected chi connectivity index (χ2v) is 6.50. The molecule has 0 aliphatic rings. The lowest BCUT2D eigenvalue weighted by molar-refractivity contribution is 0.126. The van der Waals surface area contributed by atoms with Gasteiger partial charge in [0.1, 0.15) is 0 Å². The van der Waals surface area contributed by atoms with Gasteiger partial charge in [-0.3, -0.25) is 0 Å². The molecule has 0 aliphatic heterocycles. The van der Waals surface area contributed by atoms with E-state index < -0.39 is 23.0 Å². The fraction of sp³-hybridized carbons (Fsp3) is 0.556. The van der Waals surface area contributed by atoms with Gasteiger partial charge in [0.25, 0.3) is 6.43 Å². The number of nitrogens with one attached hydrogen (secondary N) is 1. The van der Waals surface area contributed by atoms with Gasteiger partial charge >= 0.3 is 0 Å². The maximum atomic E-state index is 12.1. The van der Waals surface area contributed by atoms with E-state index in [0.717, 1.165) is 11.9 Å². The summed E-state index contributed by atoms with van der Waals surface area (Å²) in [5.41, 5.74) is 0. The minimum atomic E-state index is -3.80. The van der Waals surface area contributed by atoms with Crippen LogP contribution in [-0.4, -0.2) is 39.8 Å². The smallest absolute Gasteiger partial charge is 0.252 e. The molecular formula is C9H14F2N2O2S2. The molecule has 17 heavy (non-hydrogen) atoms. The predicted molar refractivity (Wildman–Crippen MR) is 62.9 cm³/mol. The first kappa shape index (κ1) is 14.5. The lowest BCUT2D eigenvalue weighted by Gasteiger charge is -2.15. The summed E-state index contributed by atoms with van der Waals surface area (Å²) < 4.78 is 48.7. The maximum absolute atomic E-state index is 12.1. The van der Waals surface area contributed by atoms with Crippen LogP contribution in [0, 0.1) is 0 Å². The van der Waals surface area contributed by atoms with E-state index in [1.54, 1.807) is 7.05 Å². The zero-order valence-corrected chi connectivity index (χ0v) is 11.1. The number of hydrogen-bond acceptors (Lipinski definition) is 4. The first-order valence-corrected chi connectivity index (χ1v) is 7.16. The highest BCUT2D eigenvalue weighted by atomic mass is 32.2. The van der Waals surface area contributed by atoms with Crippen LogP contribution >= 0.6 is 11.3 Å². The minimum Gasteiger partial charge on any atom is -0.315 e. The lowest BCUT2D eigenvalue weighted by atomic mass is 10.5. The van der Waals surface area contributed by atoms with Crippen LogP contribution in [0.25, 0.3) is 0 Å². The topological polar surface area (TPSA) is 49.4 Å². The fourth-order valence-corrected chi connectivity index (χ4v) is 3.66. The molecule has 1 N–H and O–H groups in total. The molecule has 98 valence electrons. The molecule has 0 aliphatic carbocycles. The van der Waals surface area contributed by atoms with Gasteiger partial charge in [0, 0.05) is 23.8 Å². The third-order valence-electron chi connectivity index (χ3n) is 2.08. The molecule has 0 saturated heterocycles. The Labute approximate surface area is 103 Å². The van der Waals surface area contributed by atoms with Crippen LogP contribution in [0.15, 0.2) is 16.3 Å². The van der Waals surface area contributed by atoms with E-state index in [0.29, 0.717) is 10.8 Å². The highest BCUT2D eigenvalue weighted by Gasteiger charge is 2.24. The van der Waals surface area contributed by atoms with Crippen LogP contribution in [0.5, 0.6) is 0 Å². The average Bonchev–Trinajstić information content (AvgIpc) is 2.66. The van der Waals surface area contributed by atoms with E-state index in [-0.39, 0.29) is 4.90 Å². The van der Waals surface area contributed by atoms with Gasteiger partial charge in [-0.1, -0.05) is 0 Å². The quantitative estimate of drug-likeness (QED) is 0.858. The van der Waals surface area contributed by atoms with Crippen LogP contribution in [0.4, 0.5) is 8.78 Å². The van der Waals surface area contributed by atoms with Gasteiger partial charge in [0.15, 0.2) is 0 Å². The first-order chi connectivity index (χ1) is 7.87. The van der Waals surface area contributed by atoms with Gasteiger partial charge < -0.3 is 5.32 Å². The molecule has 1 aromatic rings. The van der Waals surface area contributed by atoms with Crippen molar-refractivity contribution in [2.45, 2.75) is 17.9 Å². The zero-order valence-electron chi connectivity index (χ0n) is 9.48. The van der Waals surface area contributed by atoms with E-state index >= 15 is 0 Å². The summed E-state index contributed by atoms with van der Waals surface area (Å²) in [5.74, 6) is 0. The average molecular weight is 284 g/mol. The summed E-state index contributed by atoms with van der Waals surface area (Å²) in [5, 5.41) is 4.35. The molecule has 1 aromatic heterocycles. The van der Waals surface area contributed by atoms with Gasteiger partial charge in [-0.2, -0.15) is 4.31 Å². The number of hydrogen-bond donors (Lipinski definition) is 1. The van der Waals surface area contributed by atoms with E-state index in [1.807, 2.05) is 0 Å². The maximum Gasteiger partial charge on any atom is 0.252 e. The van der Waals surface area contributed by atoms with Crippen molar-refractivity contribution >= 4 is 21.4 Å². The van der Waals surface area contributed by atoms with Gasteiger partial charge in [0.05, 0.1) is 11.4 Å². The number of thiophene rings is 1. The molecule has 0 bridgehead atoms. The van der Waals surface area contributed by atoms with Crippen LogP contribution in [0.2, 0.25) is 0 Å². The van der Waals surface area contributed by atoms with E-state index in [2.05, 4.69) is 5.32 Å². The van der Waals surface area contributed by atoms with Gasteiger partial charge in [0.2, 0.25) is 10.0 Å². The fourth-order valence-electron chi connectivity index (χ4n) is 1.24. The van der Waals surface area contributed by atoms with Gasteiger partial charge in [-0.05, 0) is 13.1 Å². The SMILES string of the molecule is CNCc1cc(S(=O)(=O)N(C)CC(F)F)cs1. The Morgan fingerprint density at radius 2 is 2.18 bits per heavy atom. The Kier molecular flexibility index (Phi) is 4.99. The number of rotatable bonds is 6. The van der Waals surface area contributed by atoms with Crippen molar-refractivity contribution in [3.05, 3.63) is 16.3 Å². The molecule has 0 fully saturated rings. The second-order valence-electron chi connectivity index (χ2n) is 3.46. The molecule has 0 spiro atoms. The van der Waals surface area contributed by atoms with Crippen LogP contribution < -0.4 is 5.32 Å². The van der Waals surface area contributed by atoms with E-state index in [1.165, 1.54) is 22.8 Å². The normalized spacial score (nSPS) is 12.6. The van der Waals surface area contributed by atoms with Crippen molar-refractivity contribution in [2.75, 3.05) is 20.6 Å². The third kappa shape index (κ3) is 3.70. The number of sulfonamides is 1. The standard InChI is InChI=1S/C9H14F2N2O2S2/c1-12-4-7-3-8(6-16-7)17(14,15)13(2)5-9(10)11/h3,6,9,12H,4-5H2,1-2H3. The summed E-state index contributed by atoms with van der Waals surface area (Å²) in [4.78, 5) is 0.910. The molecule has 0 radical (unpaired) electrons. The Morgan fingerprint density at radius 3 is 2.71 bits per heavy atom. The molecule has 4 nitrogen and oxygen atoms in total. The molecule has 0 amide bonds. The molecule has 0 unspecified atom stereocenters. The first-order valence-electron chi connectivity index (χ1n) is 4.84. The molecular weight excluding hydrogens is 270 g/mol. The Balaban J connectivity index is 2.88. The Hall–Kier alpha value is -0.570. The molecule has 0 saturated carbocycles.